The van der Waals surface area contributed by atoms with Crippen LogP contribution in [0.2, 0.25) is 0 Å². The minimum absolute atomic E-state index is 0.829. The standard InChI is InChI=1S/C8H17N/c1-4-8-5-6-9(3)7(8)2/h7-8H,4-6H2,1-3H3/t7-,8+/m1/s1. The molecule has 0 radical (unpaired) electrons. The molecule has 0 aromatic heterocycles. The highest BCUT2D eigenvalue weighted by molar-refractivity contribution is 4.80. The third-order valence-electron chi connectivity index (χ3n) is 2.75. The van der Waals surface area contributed by atoms with Crippen molar-refractivity contribution in [2.75, 3.05) is 13.6 Å². The Hall–Kier alpha value is -0.0400. The maximum Gasteiger partial charge on any atom is 0.00925 e. The lowest BCUT2D eigenvalue weighted by Gasteiger charge is -2.18. The number of hydrogen-bond donors (Lipinski definition) is 0. The molecule has 0 saturated carbocycles. The fraction of sp³-hybridized carbons (Fsp3) is 1.00. The smallest absolute Gasteiger partial charge is 0.00925 e. The third-order valence-corrected chi connectivity index (χ3v) is 2.75. The average molecular weight is 127 g/mol. The van der Waals surface area contributed by atoms with Crippen LogP contribution >= 0.6 is 0 Å². The molecular formula is C8H17N. The molecular weight excluding hydrogens is 110 g/mol. The van der Waals surface area contributed by atoms with E-state index in [0.717, 1.165) is 12.0 Å². The first-order chi connectivity index (χ1) is 4.25. The summed E-state index contributed by atoms with van der Waals surface area (Å²) in [5, 5.41) is 0. The first kappa shape index (κ1) is 7.07. The molecule has 1 heterocycles. The molecule has 1 saturated heterocycles. The number of hydrogen-bond acceptors (Lipinski definition) is 1. The van der Waals surface area contributed by atoms with Gasteiger partial charge in [0, 0.05) is 6.04 Å². The van der Waals surface area contributed by atoms with E-state index in [9.17, 15) is 0 Å². The Labute approximate surface area is 58.0 Å². The molecule has 1 aliphatic heterocycles. The Morgan fingerprint density at radius 1 is 1.56 bits per heavy atom. The third kappa shape index (κ3) is 1.26. The van der Waals surface area contributed by atoms with Crippen LogP contribution in [-0.2, 0) is 0 Å². The van der Waals surface area contributed by atoms with Crippen molar-refractivity contribution in [3.05, 3.63) is 0 Å². The van der Waals surface area contributed by atoms with Crippen molar-refractivity contribution in [2.45, 2.75) is 32.7 Å². The lowest BCUT2D eigenvalue weighted by atomic mass is 9.99. The second-order valence-corrected chi connectivity index (χ2v) is 3.18. The molecule has 1 rings (SSSR count). The van der Waals surface area contributed by atoms with E-state index in [2.05, 4.69) is 25.8 Å². The summed E-state index contributed by atoms with van der Waals surface area (Å²) in [4.78, 5) is 2.45. The van der Waals surface area contributed by atoms with Crippen LogP contribution in [0.3, 0.4) is 0 Å². The van der Waals surface area contributed by atoms with Crippen molar-refractivity contribution in [3.8, 4) is 0 Å². The van der Waals surface area contributed by atoms with Crippen molar-refractivity contribution in [3.63, 3.8) is 0 Å². The minimum Gasteiger partial charge on any atom is -0.303 e. The summed E-state index contributed by atoms with van der Waals surface area (Å²) < 4.78 is 0. The van der Waals surface area contributed by atoms with Gasteiger partial charge in [0.15, 0.2) is 0 Å². The SMILES string of the molecule is CC[C@H]1CCN(C)[C@@H]1C. The predicted octanol–water partition coefficient (Wildman–Crippen LogP) is 1.74. The molecule has 9 heavy (non-hydrogen) atoms. The van der Waals surface area contributed by atoms with E-state index in [1.54, 1.807) is 0 Å². The predicted molar refractivity (Wildman–Crippen MR) is 40.5 cm³/mol. The molecule has 0 N–H and O–H groups in total. The van der Waals surface area contributed by atoms with E-state index < -0.39 is 0 Å². The molecule has 0 amide bonds. The van der Waals surface area contributed by atoms with E-state index in [0.29, 0.717) is 0 Å². The monoisotopic (exact) mass is 127 g/mol. The summed E-state index contributed by atoms with van der Waals surface area (Å²) >= 11 is 0. The van der Waals surface area contributed by atoms with Gasteiger partial charge < -0.3 is 4.90 Å². The van der Waals surface area contributed by atoms with E-state index in [1.807, 2.05) is 0 Å². The van der Waals surface area contributed by atoms with Crippen LogP contribution in [0.1, 0.15) is 26.7 Å². The highest BCUT2D eigenvalue weighted by Crippen LogP contribution is 2.24. The normalized spacial score (nSPS) is 37.7. The quantitative estimate of drug-likeness (QED) is 0.518. The zero-order valence-electron chi connectivity index (χ0n) is 6.72. The molecule has 1 nitrogen and oxygen atoms in total. The van der Waals surface area contributed by atoms with Crippen LogP contribution in [0.25, 0.3) is 0 Å². The molecule has 0 unspecified atom stereocenters. The topological polar surface area (TPSA) is 3.24 Å². The first-order valence-corrected chi connectivity index (χ1v) is 3.96. The minimum atomic E-state index is 0.829. The van der Waals surface area contributed by atoms with Crippen LogP contribution < -0.4 is 0 Å². The molecule has 0 aromatic rings. The lowest BCUT2D eigenvalue weighted by Crippen LogP contribution is -2.25. The van der Waals surface area contributed by atoms with Gasteiger partial charge in [0.2, 0.25) is 0 Å². The van der Waals surface area contributed by atoms with E-state index in [-0.39, 0.29) is 0 Å². The van der Waals surface area contributed by atoms with Crippen molar-refractivity contribution < 1.29 is 0 Å². The van der Waals surface area contributed by atoms with Crippen LogP contribution in [0, 0.1) is 5.92 Å². The highest BCUT2D eigenvalue weighted by atomic mass is 15.1. The van der Waals surface area contributed by atoms with E-state index >= 15 is 0 Å². The zero-order chi connectivity index (χ0) is 6.85. The molecule has 0 aromatic carbocycles. The number of rotatable bonds is 1. The van der Waals surface area contributed by atoms with Gasteiger partial charge in [0.05, 0.1) is 0 Å². The Morgan fingerprint density at radius 3 is 2.44 bits per heavy atom. The molecule has 0 spiro atoms. The Bertz CT molecular complexity index is 90.6. The summed E-state index contributed by atoms with van der Waals surface area (Å²) in [5.74, 6) is 0.968. The molecule has 0 aliphatic carbocycles. The van der Waals surface area contributed by atoms with E-state index in [1.165, 1.54) is 19.4 Å². The Morgan fingerprint density at radius 2 is 2.22 bits per heavy atom. The average Bonchev–Trinajstić information content (AvgIpc) is 2.15. The summed E-state index contributed by atoms with van der Waals surface area (Å²) in [7, 11) is 2.22. The van der Waals surface area contributed by atoms with Gasteiger partial charge in [-0.2, -0.15) is 0 Å². The van der Waals surface area contributed by atoms with Gasteiger partial charge in [-0.3, -0.25) is 0 Å². The van der Waals surface area contributed by atoms with Gasteiger partial charge in [0.25, 0.3) is 0 Å². The fourth-order valence-corrected chi connectivity index (χ4v) is 1.72. The van der Waals surface area contributed by atoms with Crippen molar-refractivity contribution in [1.82, 2.24) is 4.90 Å². The van der Waals surface area contributed by atoms with Gasteiger partial charge in [-0.25, -0.2) is 0 Å². The molecule has 1 heteroatoms. The van der Waals surface area contributed by atoms with Gasteiger partial charge in [-0.1, -0.05) is 13.3 Å². The molecule has 54 valence electrons. The zero-order valence-corrected chi connectivity index (χ0v) is 6.72. The molecule has 2 atom stereocenters. The van der Waals surface area contributed by atoms with Gasteiger partial charge in [-0.15, -0.1) is 0 Å². The fourth-order valence-electron chi connectivity index (χ4n) is 1.72. The summed E-state index contributed by atoms with van der Waals surface area (Å²) in [6, 6.07) is 0.829. The second-order valence-electron chi connectivity index (χ2n) is 3.18. The maximum atomic E-state index is 2.45. The molecule has 0 bridgehead atoms. The Balaban J connectivity index is 2.41. The van der Waals surface area contributed by atoms with Crippen LogP contribution in [0.5, 0.6) is 0 Å². The van der Waals surface area contributed by atoms with Gasteiger partial charge >= 0.3 is 0 Å². The number of nitrogens with zero attached hydrogens (tertiary/aromatic N) is 1. The summed E-state index contributed by atoms with van der Waals surface area (Å²) in [5.41, 5.74) is 0. The largest absolute Gasteiger partial charge is 0.303 e. The lowest BCUT2D eigenvalue weighted by molar-refractivity contribution is 0.289. The summed E-state index contributed by atoms with van der Waals surface area (Å²) in [6.45, 7) is 5.93. The van der Waals surface area contributed by atoms with Gasteiger partial charge in [0.1, 0.15) is 0 Å². The van der Waals surface area contributed by atoms with Gasteiger partial charge in [-0.05, 0) is 32.9 Å². The Kier molecular flexibility index (Phi) is 2.12. The first-order valence-electron chi connectivity index (χ1n) is 3.96. The van der Waals surface area contributed by atoms with Crippen molar-refractivity contribution in [1.29, 1.82) is 0 Å². The maximum absolute atomic E-state index is 2.45. The molecule has 1 fully saturated rings. The highest BCUT2D eigenvalue weighted by Gasteiger charge is 2.25. The van der Waals surface area contributed by atoms with E-state index in [4.69, 9.17) is 0 Å². The van der Waals surface area contributed by atoms with Crippen molar-refractivity contribution in [2.24, 2.45) is 5.92 Å². The van der Waals surface area contributed by atoms with Crippen molar-refractivity contribution >= 4 is 0 Å². The van der Waals surface area contributed by atoms with Crippen LogP contribution in [0.4, 0.5) is 0 Å². The number of likely N-dealkylation sites (tertiary alicyclic amines) is 1. The van der Waals surface area contributed by atoms with Crippen LogP contribution in [0.15, 0.2) is 0 Å². The second kappa shape index (κ2) is 2.70. The summed E-state index contributed by atoms with van der Waals surface area (Å²) in [6.07, 6.45) is 2.76. The van der Waals surface area contributed by atoms with Crippen LogP contribution in [-0.4, -0.2) is 24.5 Å². The molecule has 1 aliphatic rings.